The summed E-state index contributed by atoms with van der Waals surface area (Å²) in [5, 5.41) is 9.18. The van der Waals surface area contributed by atoms with Gasteiger partial charge in [0.15, 0.2) is 0 Å². The molecule has 1 fully saturated rings. The van der Waals surface area contributed by atoms with Gasteiger partial charge in [0.1, 0.15) is 21.8 Å². The van der Waals surface area contributed by atoms with Crippen molar-refractivity contribution in [3.05, 3.63) is 67.3 Å². The van der Waals surface area contributed by atoms with Crippen LogP contribution >= 0.6 is 34.8 Å². The van der Waals surface area contributed by atoms with Crippen molar-refractivity contribution in [2.75, 3.05) is 6.54 Å². The van der Waals surface area contributed by atoms with Crippen molar-refractivity contribution in [3.63, 3.8) is 0 Å². The van der Waals surface area contributed by atoms with Crippen molar-refractivity contribution < 1.29 is 9.32 Å². The van der Waals surface area contributed by atoms with Gasteiger partial charge in [-0.05, 0) is 50.3 Å². The van der Waals surface area contributed by atoms with E-state index in [1.54, 1.807) is 13.0 Å². The standard InChI is InChI=1S/C24H21Cl3N4O3/c1-12-19-21(30-34-12)20-16(25)6-3-7-18(20)31(24(19)33)15-5-2-4-13(8-15)10-29-23(32)14-9-17(26)22(27)28-11-14/h3,6-7,9,11,13,15H,2,4-5,8,10H2,1H3,(H,29,32). The third kappa shape index (κ3) is 4.06. The summed E-state index contributed by atoms with van der Waals surface area (Å²) in [4.78, 5) is 30.1. The second-order valence-corrected chi connectivity index (χ2v) is 9.84. The number of benzene rings is 1. The van der Waals surface area contributed by atoms with Crippen LogP contribution in [0.5, 0.6) is 0 Å². The zero-order valence-corrected chi connectivity index (χ0v) is 20.5. The highest BCUT2D eigenvalue weighted by Crippen LogP contribution is 2.37. The number of halogens is 3. The molecule has 7 nitrogen and oxygen atoms in total. The minimum absolute atomic E-state index is 0.0329. The maximum atomic E-state index is 13.6. The highest BCUT2D eigenvalue weighted by atomic mass is 35.5. The molecule has 1 amide bonds. The summed E-state index contributed by atoms with van der Waals surface area (Å²) in [7, 11) is 0. The van der Waals surface area contributed by atoms with Gasteiger partial charge < -0.3 is 14.4 Å². The van der Waals surface area contributed by atoms with Gasteiger partial charge in [-0.15, -0.1) is 0 Å². The topological polar surface area (TPSA) is 90.0 Å². The number of nitrogens with zero attached hydrogens (tertiary/aromatic N) is 3. The van der Waals surface area contributed by atoms with E-state index in [-0.39, 0.29) is 33.6 Å². The fourth-order valence-electron chi connectivity index (χ4n) is 4.90. The summed E-state index contributed by atoms with van der Waals surface area (Å²) < 4.78 is 7.19. The minimum Gasteiger partial charge on any atom is -0.360 e. The van der Waals surface area contributed by atoms with E-state index in [9.17, 15) is 9.59 Å². The van der Waals surface area contributed by atoms with Crippen LogP contribution in [-0.4, -0.2) is 27.2 Å². The molecule has 1 aromatic carbocycles. The first kappa shape index (κ1) is 23.1. The van der Waals surface area contributed by atoms with Crippen LogP contribution in [-0.2, 0) is 0 Å². The molecule has 1 N–H and O–H groups in total. The van der Waals surface area contributed by atoms with E-state index >= 15 is 0 Å². The highest BCUT2D eigenvalue weighted by Gasteiger charge is 2.28. The molecule has 4 aromatic rings. The summed E-state index contributed by atoms with van der Waals surface area (Å²) in [6, 6.07) is 7.00. The van der Waals surface area contributed by atoms with E-state index in [0.29, 0.717) is 33.8 Å². The van der Waals surface area contributed by atoms with Gasteiger partial charge in [0, 0.05) is 24.2 Å². The van der Waals surface area contributed by atoms with E-state index in [4.69, 9.17) is 39.3 Å². The van der Waals surface area contributed by atoms with E-state index in [2.05, 4.69) is 15.5 Å². The van der Waals surface area contributed by atoms with Crippen LogP contribution in [0.15, 0.2) is 39.8 Å². The first-order valence-electron chi connectivity index (χ1n) is 11.0. The zero-order chi connectivity index (χ0) is 24.0. The van der Waals surface area contributed by atoms with Crippen molar-refractivity contribution in [1.82, 2.24) is 20.0 Å². The lowest BCUT2D eigenvalue weighted by molar-refractivity contribution is 0.0940. The van der Waals surface area contributed by atoms with Gasteiger partial charge in [-0.25, -0.2) is 4.98 Å². The number of nitrogens with one attached hydrogen (secondary N) is 1. The summed E-state index contributed by atoms with van der Waals surface area (Å²) in [6.45, 7) is 2.22. The van der Waals surface area contributed by atoms with Gasteiger partial charge in [0.05, 0.1) is 21.1 Å². The van der Waals surface area contributed by atoms with Crippen molar-refractivity contribution in [2.24, 2.45) is 5.92 Å². The molecule has 1 aliphatic carbocycles. The summed E-state index contributed by atoms with van der Waals surface area (Å²) >= 11 is 18.4. The van der Waals surface area contributed by atoms with Crippen molar-refractivity contribution in [1.29, 1.82) is 0 Å². The number of hydrogen-bond acceptors (Lipinski definition) is 5. The van der Waals surface area contributed by atoms with E-state index in [1.807, 2.05) is 16.7 Å². The Balaban J connectivity index is 1.43. The Morgan fingerprint density at radius 1 is 1.21 bits per heavy atom. The van der Waals surface area contributed by atoms with Gasteiger partial charge in [-0.1, -0.05) is 52.4 Å². The molecular formula is C24H21Cl3N4O3. The minimum atomic E-state index is -0.260. The third-order valence-electron chi connectivity index (χ3n) is 6.51. The van der Waals surface area contributed by atoms with E-state index in [0.717, 1.165) is 36.6 Å². The van der Waals surface area contributed by atoms with Crippen molar-refractivity contribution in [2.45, 2.75) is 38.6 Å². The zero-order valence-electron chi connectivity index (χ0n) is 18.3. The molecule has 3 heterocycles. The van der Waals surface area contributed by atoms with Gasteiger partial charge in [0.2, 0.25) is 0 Å². The van der Waals surface area contributed by atoms with Gasteiger partial charge in [0.25, 0.3) is 11.5 Å². The maximum absolute atomic E-state index is 13.6. The maximum Gasteiger partial charge on any atom is 0.264 e. The van der Waals surface area contributed by atoms with Crippen LogP contribution in [0.4, 0.5) is 0 Å². The van der Waals surface area contributed by atoms with Crippen LogP contribution in [0, 0.1) is 12.8 Å². The molecule has 10 heteroatoms. The number of aryl methyl sites for hydroxylation is 1. The largest absolute Gasteiger partial charge is 0.360 e. The fraction of sp³-hybridized carbons (Fsp3) is 0.333. The Hall–Kier alpha value is -2.61. The van der Waals surface area contributed by atoms with Crippen LogP contribution in [0.1, 0.15) is 47.8 Å². The number of carbonyl (C=O) groups excluding carboxylic acids is 1. The lowest BCUT2D eigenvalue weighted by Crippen LogP contribution is -2.34. The molecule has 2 atom stereocenters. The van der Waals surface area contributed by atoms with Crippen LogP contribution in [0.3, 0.4) is 0 Å². The second-order valence-electron chi connectivity index (χ2n) is 8.66. The molecule has 0 radical (unpaired) electrons. The second kappa shape index (κ2) is 9.21. The Morgan fingerprint density at radius 3 is 2.82 bits per heavy atom. The quantitative estimate of drug-likeness (QED) is 0.336. The SMILES string of the molecule is Cc1onc2c1c(=O)n(C1CCCC(CNC(=O)c3cnc(Cl)c(Cl)c3)C1)c1cccc(Cl)c21. The molecule has 0 saturated heterocycles. The molecule has 34 heavy (non-hydrogen) atoms. The van der Waals surface area contributed by atoms with Gasteiger partial charge in [-0.2, -0.15) is 0 Å². The number of carbonyl (C=O) groups is 1. The van der Waals surface area contributed by atoms with Gasteiger partial charge in [-0.3, -0.25) is 9.59 Å². The Labute approximate surface area is 210 Å². The monoisotopic (exact) mass is 518 g/mol. The number of fused-ring (bicyclic) bond motifs is 3. The van der Waals surface area contributed by atoms with Crippen LogP contribution in [0.2, 0.25) is 15.2 Å². The number of hydrogen-bond donors (Lipinski definition) is 1. The molecule has 5 rings (SSSR count). The Morgan fingerprint density at radius 2 is 2.03 bits per heavy atom. The third-order valence-corrected chi connectivity index (χ3v) is 7.51. The van der Waals surface area contributed by atoms with Crippen molar-refractivity contribution in [3.8, 4) is 0 Å². The van der Waals surface area contributed by atoms with Crippen LogP contribution < -0.4 is 10.9 Å². The number of amides is 1. The first-order chi connectivity index (χ1) is 16.3. The predicted molar refractivity (Wildman–Crippen MR) is 133 cm³/mol. The molecule has 176 valence electrons. The molecule has 0 aliphatic heterocycles. The molecular weight excluding hydrogens is 499 g/mol. The molecule has 3 aromatic heterocycles. The molecule has 1 aliphatic rings. The lowest BCUT2D eigenvalue weighted by Gasteiger charge is -2.31. The average Bonchev–Trinajstić information content (AvgIpc) is 3.21. The highest BCUT2D eigenvalue weighted by molar-refractivity contribution is 6.41. The van der Waals surface area contributed by atoms with Gasteiger partial charge >= 0.3 is 0 Å². The van der Waals surface area contributed by atoms with E-state index in [1.165, 1.54) is 12.3 Å². The Kier molecular flexibility index (Phi) is 6.27. The molecule has 1 saturated carbocycles. The summed E-state index contributed by atoms with van der Waals surface area (Å²) in [5.41, 5.74) is 1.47. The predicted octanol–water partition coefficient (Wildman–Crippen LogP) is 5.97. The first-order valence-corrected chi connectivity index (χ1v) is 12.2. The molecule has 0 bridgehead atoms. The fourth-order valence-corrected chi connectivity index (χ4v) is 5.43. The van der Waals surface area contributed by atoms with Crippen LogP contribution in [0.25, 0.3) is 21.8 Å². The summed E-state index contributed by atoms with van der Waals surface area (Å²) in [6.07, 6.45) is 4.90. The number of aromatic nitrogens is 3. The summed E-state index contributed by atoms with van der Waals surface area (Å²) in [5.74, 6) is 0.424. The average molecular weight is 520 g/mol. The normalized spacial score (nSPS) is 18.5. The Bertz CT molecular complexity index is 1480. The van der Waals surface area contributed by atoms with Crippen molar-refractivity contribution >= 4 is 62.5 Å². The number of pyridine rings is 2. The lowest BCUT2D eigenvalue weighted by atomic mass is 9.85. The van der Waals surface area contributed by atoms with E-state index < -0.39 is 0 Å². The smallest absolute Gasteiger partial charge is 0.264 e. The number of rotatable bonds is 4. The molecule has 0 spiro atoms. The molecule has 2 unspecified atom stereocenters.